The molecular weight excluding hydrogens is 252 g/mol. The summed E-state index contributed by atoms with van der Waals surface area (Å²) in [6.07, 6.45) is 3.68. The second-order valence-corrected chi connectivity index (χ2v) is 5.57. The summed E-state index contributed by atoms with van der Waals surface area (Å²) in [5.41, 5.74) is 8.71. The third-order valence-electron chi connectivity index (χ3n) is 3.35. The molecule has 0 aliphatic heterocycles. The summed E-state index contributed by atoms with van der Waals surface area (Å²) in [6, 6.07) is 14.6. The summed E-state index contributed by atoms with van der Waals surface area (Å²) in [6.45, 7) is 0. The molecule has 0 amide bonds. The van der Waals surface area contributed by atoms with Crippen molar-refractivity contribution in [1.82, 2.24) is 4.98 Å². The lowest BCUT2D eigenvalue weighted by atomic mass is 10.0. The van der Waals surface area contributed by atoms with E-state index in [-0.39, 0.29) is 6.04 Å². The van der Waals surface area contributed by atoms with Crippen LogP contribution in [0.5, 0.6) is 0 Å². The Hall–Kier alpha value is -1.71. The zero-order chi connectivity index (χ0) is 13.1. The van der Waals surface area contributed by atoms with Crippen molar-refractivity contribution in [3.63, 3.8) is 0 Å². The predicted molar refractivity (Wildman–Crippen MR) is 81.3 cm³/mol. The summed E-state index contributed by atoms with van der Waals surface area (Å²) in [4.78, 5) is 4.34. The first-order valence-corrected chi connectivity index (χ1v) is 7.34. The number of thiophene rings is 1. The van der Waals surface area contributed by atoms with Crippen LogP contribution in [0.15, 0.2) is 54.0 Å². The van der Waals surface area contributed by atoms with Gasteiger partial charge >= 0.3 is 0 Å². The zero-order valence-electron chi connectivity index (χ0n) is 10.6. The van der Waals surface area contributed by atoms with Gasteiger partial charge in [0.25, 0.3) is 0 Å². The Balaban J connectivity index is 1.77. The van der Waals surface area contributed by atoms with Gasteiger partial charge in [0.2, 0.25) is 0 Å². The highest BCUT2D eigenvalue weighted by Crippen LogP contribution is 2.29. The van der Waals surface area contributed by atoms with Crippen LogP contribution < -0.4 is 5.73 Å². The van der Waals surface area contributed by atoms with Crippen LogP contribution in [0.2, 0.25) is 0 Å². The Morgan fingerprint density at radius 3 is 2.89 bits per heavy atom. The van der Waals surface area contributed by atoms with Gasteiger partial charge in [0, 0.05) is 22.6 Å². The van der Waals surface area contributed by atoms with Crippen molar-refractivity contribution in [3.05, 3.63) is 65.3 Å². The second kappa shape index (κ2) is 5.51. The molecule has 1 atom stereocenters. The van der Waals surface area contributed by atoms with Crippen LogP contribution >= 0.6 is 11.3 Å². The Morgan fingerprint density at radius 2 is 2.05 bits per heavy atom. The highest BCUT2D eigenvalue weighted by Gasteiger charge is 2.11. The van der Waals surface area contributed by atoms with E-state index in [0.29, 0.717) is 0 Å². The minimum Gasteiger partial charge on any atom is -0.324 e. The fourth-order valence-electron chi connectivity index (χ4n) is 2.31. The number of aromatic nitrogens is 1. The molecule has 0 saturated carbocycles. The molecule has 1 unspecified atom stereocenters. The molecule has 3 aromatic rings. The van der Waals surface area contributed by atoms with E-state index in [1.54, 1.807) is 11.3 Å². The number of hydrogen-bond donors (Lipinski definition) is 1. The van der Waals surface area contributed by atoms with Crippen molar-refractivity contribution in [3.8, 4) is 0 Å². The van der Waals surface area contributed by atoms with E-state index in [0.717, 1.165) is 18.5 Å². The molecule has 0 saturated heterocycles. The van der Waals surface area contributed by atoms with E-state index >= 15 is 0 Å². The van der Waals surface area contributed by atoms with Crippen LogP contribution in [0.1, 0.15) is 23.7 Å². The van der Waals surface area contributed by atoms with E-state index in [4.69, 9.17) is 5.73 Å². The maximum atomic E-state index is 6.35. The molecule has 1 aromatic carbocycles. The normalized spacial score (nSPS) is 12.7. The molecule has 2 N–H and O–H groups in total. The highest BCUT2D eigenvalue weighted by atomic mass is 32.1. The largest absolute Gasteiger partial charge is 0.324 e. The molecule has 3 rings (SSSR count). The summed E-state index contributed by atoms with van der Waals surface area (Å²) in [5, 5.41) is 3.41. The first-order valence-electron chi connectivity index (χ1n) is 6.46. The van der Waals surface area contributed by atoms with Crippen LogP contribution in [0.4, 0.5) is 0 Å². The molecule has 0 fully saturated rings. The van der Waals surface area contributed by atoms with E-state index in [1.807, 2.05) is 18.3 Å². The van der Waals surface area contributed by atoms with Gasteiger partial charge < -0.3 is 5.73 Å². The van der Waals surface area contributed by atoms with E-state index in [2.05, 4.69) is 40.7 Å². The average molecular weight is 268 g/mol. The highest BCUT2D eigenvalue weighted by molar-refractivity contribution is 7.17. The number of pyridine rings is 1. The zero-order valence-corrected chi connectivity index (χ0v) is 11.4. The fraction of sp³-hybridized carbons (Fsp3) is 0.188. The molecule has 0 aliphatic rings. The number of benzene rings is 1. The summed E-state index contributed by atoms with van der Waals surface area (Å²) in [7, 11) is 0. The molecule has 2 aromatic heterocycles. The molecule has 0 bridgehead atoms. The number of nitrogens with zero attached hydrogens (tertiary/aromatic N) is 1. The SMILES string of the molecule is NC(CCc1ccccn1)c1cccc2ccsc12. The summed E-state index contributed by atoms with van der Waals surface area (Å²) >= 11 is 1.77. The van der Waals surface area contributed by atoms with E-state index < -0.39 is 0 Å². The minimum atomic E-state index is 0.0735. The molecular formula is C16H16N2S. The number of nitrogens with two attached hydrogens (primary N) is 1. The quantitative estimate of drug-likeness (QED) is 0.778. The standard InChI is InChI=1S/C16H16N2S/c17-15(8-7-13-5-1-2-10-18-13)14-6-3-4-12-9-11-19-16(12)14/h1-6,9-11,15H,7-8,17H2. The van der Waals surface area contributed by atoms with Crippen LogP contribution in [-0.4, -0.2) is 4.98 Å². The van der Waals surface area contributed by atoms with Crippen LogP contribution in [0.3, 0.4) is 0 Å². The maximum Gasteiger partial charge on any atom is 0.0404 e. The Morgan fingerprint density at radius 1 is 1.11 bits per heavy atom. The first-order chi connectivity index (χ1) is 9.34. The third-order valence-corrected chi connectivity index (χ3v) is 4.33. The lowest BCUT2D eigenvalue weighted by molar-refractivity contribution is 0.649. The number of aryl methyl sites for hydroxylation is 1. The molecule has 0 spiro atoms. The van der Waals surface area contributed by atoms with Gasteiger partial charge in [-0.3, -0.25) is 4.98 Å². The van der Waals surface area contributed by atoms with Gasteiger partial charge in [-0.2, -0.15) is 0 Å². The van der Waals surface area contributed by atoms with E-state index in [9.17, 15) is 0 Å². The number of rotatable bonds is 4. The smallest absolute Gasteiger partial charge is 0.0404 e. The molecule has 0 radical (unpaired) electrons. The van der Waals surface area contributed by atoms with Crippen molar-refractivity contribution in [1.29, 1.82) is 0 Å². The van der Waals surface area contributed by atoms with Gasteiger partial charge in [-0.1, -0.05) is 24.3 Å². The van der Waals surface area contributed by atoms with Crippen molar-refractivity contribution in [2.75, 3.05) is 0 Å². The van der Waals surface area contributed by atoms with Crippen molar-refractivity contribution in [2.45, 2.75) is 18.9 Å². The lowest BCUT2D eigenvalue weighted by Crippen LogP contribution is -2.11. The van der Waals surface area contributed by atoms with Crippen molar-refractivity contribution < 1.29 is 0 Å². The van der Waals surface area contributed by atoms with Gasteiger partial charge in [-0.15, -0.1) is 11.3 Å². The third kappa shape index (κ3) is 2.67. The Bertz CT molecular complexity index is 661. The summed E-state index contributed by atoms with van der Waals surface area (Å²) < 4.78 is 1.32. The second-order valence-electron chi connectivity index (χ2n) is 4.65. The minimum absolute atomic E-state index is 0.0735. The number of fused-ring (bicyclic) bond motifs is 1. The van der Waals surface area contributed by atoms with E-state index in [1.165, 1.54) is 15.6 Å². The molecule has 2 nitrogen and oxygen atoms in total. The van der Waals surface area contributed by atoms with Gasteiger partial charge in [-0.05, 0) is 47.4 Å². The van der Waals surface area contributed by atoms with Crippen LogP contribution in [-0.2, 0) is 6.42 Å². The molecule has 3 heteroatoms. The Labute approximate surface area is 116 Å². The first kappa shape index (κ1) is 12.3. The number of hydrogen-bond acceptors (Lipinski definition) is 3. The van der Waals surface area contributed by atoms with Crippen molar-refractivity contribution in [2.24, 2.45) is 5.73 Å². The topological polar surface area (TPSA) is 38.9 Å². The molecule has 96 valence electrons. The average Bonchev–Trinajstić information content (AvgIpc) is 2.94. The molecule has 0 aliphatic carbocycles. The maximum absolute atomic E-state index is 6.35. The summed E-state index contributed by atoms with van der Waals surface area (Å²) in [5.74, 6) is 0. The lowest BCUT2D eigenvalue weighted by Gasteiger charge is -2.12. The monoisotopic (exact) mass is 268 g/mol. The fourth-order valence-corrected chi connectivity index (χ4v) is 3.29. The van der Waals surface area contributed by atoms with Gasteiger partial charge in [0.15, 0.2) is 0 Å². The van der Waals surface area contributed by atoms with Crippen molar-refractivity contribution >= 4 is 21.4 Å². The molecule has 19 heavy (non-hydrogen) atoms. The van der Waals surface area contributed by atoms with Crippen LogP contribution in [0, 0.1) is 0 Å². The Kier molecular flexibility index (Phi) is 3.58. The predicted octanol–water partition coefficient (Wildman–Crippen LogP) is 3.93. The van der Waals surface area contributed by atoms with Gasteiger partial charge in [0.1, 0.15) is 0 Å². The van der Waals surface area contributed by atoms with Crippen LogP contribution in [0.25, 0.3) is 10.1 Å². The van der Waals surface area contributed by atoms with Gasteiger partial charge in [0.05, 0.1) is 0 Å². The van der Waals surface area contributed by atoms with Gasteiger partial charge in [-0.25, -0.2) is 0 Å². The molecule has 2 heterocycles.